The molecule has 0 aliphatic heterocycles. The summed E-state index contributed by atoms with van der Waals surface area (Å²) in [4.78, 5) is 28.7. The molecule has 0 N–H and O–H groups in total. The molecule has 26 heavy (non-hydrogen) atoms. The Bertz CT molecular complexity index is 922. The maximum absolute atomic E-state index is 12.7. The molecule has 1 amide bonds. The van der Waals surface area contributed by atoms with Gasteiger partial charge in [-0.3, -0.25) is 14.9 Å². The van der Waals surface area contributed by atoms with Crippen LogP contribution in [0.3, 0.4) is 0 Å². The molecule has 8 nitrogen and oxygen atoms in total. The second-order valence-electron chi connectivity index (χ2n) is 5.83. The van der Waals surface area contributed by atoms with E-state index >= 15 is 0 Å². The number of rotatable bonds is 5. The average molecular weight is 351 g/mol. The van der Waals surface area contributed by atoms with E-state index in [9.17, 15) is 14.9 Å². The Labute approximate surface area is 149 Å². The Hall–Kier alpha value is -3.55. The van der Waals surface area contributed by atoms with Crippen molar-refractivity contribution in [3.05, 3.63) is 82.4 Å². The quantitative estimate of drug-likeness (QED) is 0.520. The molecule has 0 spiro atoms. The van der Waals surface area contributed by atoms with Crippen LogP contribution in [-0.2, 0) is 0 Å². The SMILES string of the molecule is CC(c1cccc([N+](=O)[O-])c1)N(C)C(=O)c1ccc(-n2cncn2)cc1. The highest BCUT2D eigenvalue weighted by Crippen LogP contribution is 2.24. The molecule has 0 aliphatic rings. The van der Waals surface area contributed by atoms with Crippen LogP contribution in [0.5, 0.6) is 0 Å². The van der Waals surface area contributed by atoms with Crippen LogP contribution >= 0.6 is 0 Å². The summed E-state index contributed by atoms with van der Waals surface area (Å²) in [7, 11) is 1.68. The van der Waals surface area contributed by atoms with E-state index in [0.717, 1.165) is 5.69 Å². The van der Waals surface area contributed by atoms with Crippen molar-refractivity contribution in [1.29, 1.82) is 0 Å². The van der Waals surface area contributed by atoms with Gasteiger partial charge in [0.2, 0.25) is 0 Å². The summed E-state index contributed by atoms with van der Waals surface area (Å²) >= 11 is 0. The van der Waals surface area contributed by atoms with Gasteiger partial charge in [0.25, 0.3) is 11.6 Å². The van der Waals surface area contributed by atoms with Crippen LogP contribution in [0.25, 0.3) is 5.69 Å². The van der Waals surface area contributed by atoms with Gasteiger partial charge in [0.1, 0.15) is 12.7 Å². The lowest BCUT2D eigenvalue weighted by Crippen LogP contribution is -2.29. The van der Waals surface area contributed by atoms with Gasteiger partial charge in [-0.25, -0.2) is 9.67 Å². The van der Waals surface area contributed by atoms with E-state index in [-0.39, 0.29) is 17.6 Å². The van der Waals surface area contributed by atoms with Gasteiger partial charge in [-0.15, -0.1) is 0 Å². The van der Waals surface area contributed by atoms with Gasteiger partial charge < -0.3 is 4.90 Å². The third-order valence-corrected chi connectivity index (χ3v) is 4.26. The summed E-state index contributed by atoms with van der Waals surface area (Å²) in [5, 5.41) is 15.0. The number of aromatic nitrogens is 3. The number of non-ortho nitro benzene ring substituents is 1. The van der Waals surface area contributed by atoms with Crippen LogP contribution in [0.2, 0.25) is 0 Å². The average Bonchev–Trinajstić information content (AvgIpc) is 3.21. The second-order valence-corrected chi connectivity index (χ2v) is 5.83. The van der Waals surface area contributed by atoms with Crippen LogP contribution in [-0.4, -0.2) is 37.5 Å². The molecule has 1 unspecified atom stereocenters. The maximum atomic E-state index is 12.7. The topological polar surface area (TPSA) is 94.2 Å². The highest BCUT2D eigenvalue weighted by atomic mass is 16.6. The molecule has 1 heterocycles. The number of hydrogen-bond donors (Lipinski definition) is 0. The first kappa shape index (κ1) is 17.3. The zero-order chi connectivity index (χ0) is 18.7. The monoisotopic (exact) mass is 351 g/mol. The Kier molecular flexibility index (Phi) is 4.74. The molecular weight excluding hydrogens is 334 g/mol. The van der Waals surface area contributed by atoms with Crippen LogP contribution in [0.4, 0.5) is 5.69 Å². The van der Waals surface area contributed by atoms with Gasteiger partial charge in [-0.1, -0.05) is 12.1 Å². The van der Waals surface area contributed by atoms with Crippen molar-refractivity contribution >= 4 is 11.6 Å². The summed E-state index contributed by atoms with van der Waals surface area (Å²) in [6, 6.07) is 13.0. The van der Waals surface area contributed by atoms with Gasteiger partial charge in [-0.05, 0) is 36.8 Å². The van der Waals surface area contributed by atoms with Gasteiger partial charge in [0.15, 0.2) is 0 Å². The van der Waals surface area contributed by atoms with E-state index in [4.69, 9.17) is 0 Å². The number of benzene rings is 2. The number of amides is 1. The Morgan fingerprint density at radius 3 is 2.58 bits per heavy atom. The molecule has 0 aliphatic carbocycles. The fourth-order valence-corrected chi connectivity index (χ4v) is 2.60. The third kappa shape index (κ3) is 3.44. The van der Waals surface area contributed by atoms with Crippen molar-refractivity contribution in [3.8, 4) is 5.69 Å². The molecule has 3 aromatic rings. The largest absolute Gasteiger partial charge is 0.335 e. The summed E-state index contributed by atoms with van der Waals surface area (Å²) in [5.74, 6) is -0.172. The van der Waals surface area contributed by atoms with Crippen LogP contribution < -0.4 is 0 Å². The molecule has 3 rings (SSSR count). The predicted octanol–water partition coefficient (Wildman–Crippen LogP) is 3.01. The number of carbonyl (C=O) groups excluding carboxylic acids is 1. The molecule has 2 aromatic carbocycles. The maximum Gasteiger partial charge on any atom is 0.269 e. The standard InChI is InChI=1S/C18H17N5O3/c1-13(15-4-3-5-17(10-15)23(25)26)21(2)18(24)14-6-8-16(9-7-14)22-12-19-11-20-22/h3-13H,1-2H3. The van der Waals surface area contributed by atoms with E-state index in [0.29, 0.717) is 11.1 Å². The first-order chi connectivity index (χ1) is 12.5. The highest BCUT2D eigenvalue weighted by molar-refractivity contribution is 5.94. The van der Waals surface area contributed by atoms with Gasteiger partial charge in [0, 0.05) is 24.7 Å². The smallest absolute Gasteiger partial charge is 0.269 e. The molecule has 1 atom stereocenters. The molecule has 1 aromatic heterocycles. The van der Waals surface area contributed by atoms with Crippen molar-refractivity contribution in [3.63, 3.8) is 0 Å². The number of carbonyl (C=O) groups is 1. The van der Waals surface area contributed by atoms with Crippen LogP contribution in [0.1, 0.15) is 28.9 Å². The first-order valence-corrected chi connectivity index (χ1v) is 7.94. The molecule has 132 valence electrons. The van der Waals surface area contributed by atoms with E-state index in [1.807, 2.05) is 6.92 Å². The molecule has 0 bridgehead atoms. The van der Waals surface area contributed by atoms with E-state index in [1.165, 1.54) is 18.5 Å². The number of nitro benzene ring substituents is 1. The third-order valence-electron chi connectivity index (χ3n) is 4.26. The minimum atomic E-state index is -0.444. The fourth-order valence-electron chi connectivity index (χ4n) is 2.60. The van der Waals surface area contributed by atoms with Gasteiger partial charge in [-0.2, -0.15) is 5.10 Å². The summed E-state index contributed by atoms with van der Waals surface area (Å²) in [6.45, 7) is 1.83. The zero-order valence-corrected chi connectivity index (χ0v) is 14.3. The van der Waals surface area contributed by atoms with Crippen molar-refractivity contribution in [2.24, 2.45) is 0 Å². The molecular formula is C18H17N5O3. The van der Waals surface area contributed by atoms with Crippen molar-refractivity contribution in [2.45, 2.75) is 13.0 Å². The molecule has 0 saturated heterocycles. The number of nitrogens with zero attached hydrogens (tertiary/aromatic N) is 5. The number of nitro groups is 1. The molecule has 0 fully saturated rings. The fraction of sp³-hybridized carbons (Fsp3) is 0.167. The molecule has 0 radical (unpaired) electrons. The summed E-state index contributed by atoms with van der Waals surface area (Å²) < 4.78 is 1.60. The second kappa shape index (κ2) is 7.14. The normalized spacial score (nSPS) is 11.8. The molecule has 8 heteroatoms. The minimum Gasteiger partial charge on any atom is -0.335 e. The lowest BCUT2D eigenvalue weighted by molar-refractivity contribution is -0.384. The van der Waals surface area contributed by atoms with E-state index < -0.39 is 4.92 Å². The lowest BCUT2D eigenvalue weighted by Gasteiger charge is -2.25. The van der Waals surface area contributed by atoms with Crippen molar-refractivity contribution in [2.75, 3.05) is 7.05 Å². The van der Waals surface area contributed by atoms with Gasteiger partial charge in [0.05, 0.1) is 16.7 Å². The Morgan fingerprint density at radius 1 is 1.23 bits per heavy atom. The van der Waals surface area contributed by atoms with Crippen LogP contribution in [0, 0.1) is 10.1 Å². The minimum absolute atomic E-state index is 0.00684. The zero-order valence-electron chi connectivity index (χ0n) is 14.3. The molecule has 0 saturated carbocycles. The number of hydrogen-bond acceptors (Lipinski definition) is 5. The summed E-state index contributed by atoms with van der Waals surface area (Å²) in [6.07, 6.45) is 3.01. The Balaban J connectivity index is 1.78. The van der Waals surface area contributed by atoms with Crippen molar-refractivity contribution < 1.29 is 9.72 Å². The lowest BCUT2D eigenvalue weighted by atomic mass is 10.1. The summed E-state index contributed by atoms with van der Waals surface area (Å²) in [5.41, 5.74) is 2.03. The van der Waals surface area contributed by atoms with Crippen LogP contribution in [0.15, 0.2) is 61.2 Å². The van der Waals surface area contributed by atoms with Gasteiger partial charge >= 0.3 is 0 Å². The van der Waals surface area contributed by atoms with E-state index in [2.05, 4.69) is 10.1 Å². The highest BCUT2D eigenvalue weighted by Gasteiger charge is 2.20. The predicted molar refractivity (Wildman–Crippen MR) is 95.0 cm³/mol. The van der Waals surface area contributed by atoms with Crippen molar-refractivity contribution in [1.82, 2.24) is 19.7 Å². The van der Waals surface area contributed by atoms with E-state index in [1.54, 1.807) is 59.4 Å². The Morgan fingerprint density at radius 2 is 1.96 bits per heavy atom. The first-order valence-electron chi connectivity index (χ1n) is 7.94.